The Labute approximate surface area is 106 Å². The first kappa shape index (κ1) is 12.8. The number of hydrogen-bond acceptors (Lipinski definition) is 3. The second kappa shape index (κ2) is 5.77. The number of aryl methyl sites for hydroxylation is 3. The topological polar surface area (TPSA) is 47.7 Å². The molecule has 2 aromatic heterocycles. The van der Waals surface area contributed by atoms with Crippen LogP contribution in [0.25, 0.3) is 0 Å². The molecule has 0 fully saturated rings. The van der Waals surface area contributed by atoms with Gasteiger partial charge in [-0.15, -0.1) is 0 Å². The summed E-state index contributed by atoms with van der Waals surface area (Å²) in [4.78, 5) is 0. The summed E-state index contributed by atoms with van der Waals surface area (Å²) in [7, 11) is 1.93. The van der Waals surface area contributed by atoms with Crippen molar-refractivity contribution in [2.24, 2.45) is 7.05 Å². The number of nitrogens with one attached hydrogen (secondary N) is 1. The first-order valence-corrected chi connectivity index (χ1v) is 5.97. The van der Waals surface area contributed by atoms with Gasteiger partial charge in [0.2, 0.25) is 0 Å². The third-order valence-electron chi connectivity index (χ3n) is 2.88. The molecule has 0 spiro atoms. The van der Waals surface area contributed by atoms with E-state index in [0.717, 1.165) is 17.9 Å². The third kappa shape index (κ3) is 2.95. The Morgan fingerprint density at radius 1 is 1.39 bits per heavy atom. The highest BCUT2D eigenvalue weighted by Gasteiger charge is 2.04. The van der Waals surface area contributed by atoms with Crippen molar-refractivity contribution in [1.29, 1.82) is 0 Å². The van der Waals surface area contributed by atoms with Crippen LogP contribution in [0, 0.1) is 6.92 Å². The Morgan fingerprint density at radius 3 is 2.89 bits per heavy atom. The van der Waals surface area contributed by atoms with Crippen molar-refractivity contribution in [3.8, 4) is 0 Å². The van der Waals surface area contributed by atoms with E-state index in [1.165, 1.54) is 5.56 Å². The predicted octanol–water partition coefficient (Wildman–Crippen LogP) is 1.18. The quantitative estimate of drug-likeness (QED) is 0.838. The van der Waals surface area contributed by atoms with Crippen molar-refractivity contribution in [2.75, 3.05) is 6.67 Å². The van der Waals surface area contributed by atoms with Crippen molar-refractivity contribution in [2.45, 2.75) is 26.6 Å². The maximum atomic E-state index is 12.1. The summed E-state index contributed by atoms with van der Waals surface area (Å²) in [5.74, 6) is 0. The first-order valence-electron chi connectivity index (χ1n) is 5.97. The number of nitrogens with zero attached hydrogens (tertiary/aromatic N) is 4. The molecule has 0 amide bonds. The molecule has 0 saturated heterocycles. The van der Waals surface area contributed by atoms with E-state index in [1.807, 2.05) is 30.9 Å². The maximum absolute atomic E-state index is 12.1. The molecule has 18 heavy (non-hydrogen) atoms. The van der Waals surface area contributed by atoms with Gasteiger partial charge in [-0.1, -0.05) is 0 Å². The summed E-state index contributed by atoms with van der Waals surface area (Å²) in [5, 5.41) is 11.8. The average molecular weight is 251 g/mol. The van der Waals surface area contributed by atoms with E-state index >= 15 is 0 Å². The van der Waals surface area contributed by atoms with E-state index in [4.69, 9.17) is 0 Å². The normalized spacial score (nSPS) is 11.1. The minimum atomic E-state index is -0.386. The summed E-state index contributed by atoms with van der Waals surface area (Å²) < 4.78 is 15.6. The SMILES string of the molecule is Cc1cnn(C)c1CNCc1ccn(CCF)n1. The molecule has 2 heterocycles. The van der Waals surface area contributed by atoms with Crippen LogP contribution in [0.2, 0.25) is 0 Å². The molecular weight excluding hydrogens is 233 g/mol. The van der Waals surface area contributed by atoms with E-state index < -0.39 is 0 Å². The summed E-state index contributed by atoms with van der Waals surface area (Å²) in [6.45, 7) is 3.39. The van der Waals surface area contributed by atoms with Gasteiger partial charge >= 0.3 is 0 Å². The fourth-order valence-corrected chi connectivity index (χ4v) is 1.84. The molecule has 6 heteroatoms. The zero-order valence-electron chi connectivity index (χ0n) is 10.7. The minimum Gasteiger partial charge on any atom is -0.305 e. The lowest BCUT2D eigenvalue weighted by molar-refractivity contribution is 0.425. The van der Waals surface area contributed by atoms with Crippen molar-refractivity contribution < 1.29 is 4.39 Å². The number of halogens is 1. The van der Waals surface area contributed by atoms with E-state index in [1.54, 1.807) is 10.9 Å². The molecule has 0 aromatic carbocycles. The number of rotatable bonds is 6. The van der Waals surface area contributed by atoms with Gasteiger partial charge < -0.3 is 5.32 Å². The molecule has 0 radical (unpaired) electrons. The van der Waals surface area contributed by atoms with Gasteiger partial charge in [0, 0.05) is 26.3 Å². The van der Waals surface area contributed by atoms with Crippen LogP contribution >= 0.6 is 0 Å². The molecule has 0 bridgehead atoms. The molecule has 5 nitrogen and oxygen atoms in total. The van der Waals surface area contributed by atoms with Gasteiger partial charge in [0.05, 0.1) is 24.1 Å². The Balaban J connectivity index is 1.84. The standard InChI is InChI=1S/C12H18FN5/c1-10-7-15-17(2)12(10)9-14-8-11-3-5-18(16-11)6-4-13/h3,5,7,14H,4,6,8-9H2,1-2H3. The smallest absolute Gasteiger partial charge is 0.109 e. The Bertz CT molecular complexity index is 483. The molecule has 0 aliphatic rings. The number of aromatic nitrogens is 4. The van der Waals surface area contributed by atoms with Crippen LogP contribution in [0.5, 0.6) is 0 Å². The lowest BCUT2D eigenvalue weighted by atomic mass is 10.2. The molecular formula is C12H18FN5. The Hall–Kier alpha value is -1.69. The van der Waals surface area contributed by atoms with Gasteiger partial charge in [0.25, 0.3) is 0 Å². The summed E-state index contributed by atoms with van der Waals surface area (Å²) in [6.07, 6.45) is 3.65. The van der Waals surface area contributed by atoms with Crippen molar-refractivity contribution >= 4 is 0 Å². The van der Waals surface area contributed by atoms with Gasteiger partial charge in [-0.05, 0) is 18.6 Å². The molecule has 0 aliphatic carbocycles. The van der Waals surface area contributed by atoms with E-state index in [9.17, 15) is 4.39 Å². The van der Waals surface area contributed by atoms with E-state index in [2.05, 4.69) is 15.5 Å². The Morgan fingerprint density at radius 2 is 2.22 bits per heavy atom. The summed E-state index contributed by atoms with van der Waals surface area (Å²) >= 11 is 0. The zero-order valence-corrected chi connectivity index (χ0v) is 10.7. The number of alkyl halides is 1. The van der Waals surface area contributed by atoms with Crippen LogP contribution < -0.4 is 5.32 Å². The minimum absolute atomic E-state index is 0.320. The predicted molar refractivity (Wildman–Crippen MR) is 66.7 cm³/mol. The fraction of sp³-hybridized carbons (Fsp3) is 0.500. The largest absolute Gasteiger partial charge is 0.305 e. The van der Waals surface area contributed by atoms with Crippen molar-refractivity contribution in [3.05, 3.63) is 35.4 Å². The van der Waals surface area contributed by atoms with Crippen molar-refractivity contribution in [3.63, 3.8) is 0 Å². The van der Waals surface area contributed by atoms with Crippen LogP contribution in [0.15, 0.2) is 18.5 Å². The van der Waals surface area contributed by atoms with Crippen LogP contribution in [-0.2, 0) is 26.7 Å². The molecule has 2 aromatic rings. The molecule has 0 aliphatic heterocycles. The highest BCUT2D eigenvalue weighted by atomic mass is 19.1. The van der Waals surface area contributed by atoms with Crippen LogP contribution in [0.3, 0.4) is 0 Å². The molecule has 0 saturated carbocycles. The monoisotopic (exact) mass is 251 g/mol. The molecule has 0 atom stereocenters. The maximum Gasteiger partial charge on any atom is 0.109 e. The van der Waals surface area contributed by atoms with Gasteiger partial charge in [-0.2, -0.15) is 10.2 Å². The third-order valence-corrected chi connectivity index (χ3v) is 2.88. The van der Waals surface area contributed by atoms with E-state index in [0.29, 0.717) is 13.1 Å². The van der Waals surface area contributed by atoms with Gasteiger partial charge in [-0.25, -0.2) is 4.39 Å². The zero-order chi connectivity index (χ0) is 13.0. The fourth-order valence-electron chi connectivity index (χ4n) is 1.84. The van der Waals surface area contributed by atoms with E-state index in [-0.39, 0.29) is 6.67 Å². The van der Waals surface area contributed by atoms with Gasteiger partial charge in [0.1, 0.15) is 6.67 Å². The second-order valence-corrected chi connectivity index (χ2v) is 4.26. The summed E-state index contributed by atoms with van der Waals surface area (Å²) in [6, 6.07) is 1.90. The molecule has 0 unspecified atom stereocenters. The Kier molecular flexibility index (Phi) is 4.09. The van der Waals surface area contributed by atoms with Gasteiger partial charge in [-0.3, -0.25) is 9.36 Å². The first-order chi connectivity index (χ1) is 8.70. The highest BCUT2D eigenvalue weighted by Crippen LogP contribution is 2.05. The van der Waals surface area contributed by atoms with Crippen LogP contribution in [-0.4, -0.2) is 26.2 Å². The highest BCUT2D eigenvalue weighted by molar-refractivity contribution is 5.15. The average Bonchev–Trinajstić information content (AvgIpc) is 2.91. The van der Waals surface area contributed by atoms with Gasteiger partial charge in [0.15, 0.2) is 0 Å². The molecule has 2 rings (SSSR count). The lowest BCUT2D eigenvalue weighted by Crippen LogP contribution is -2.16. The van der Waals surface area contributed by atoms with Crippen molar-refractivity contribution in [1.82, 2.24) is 24.9 Å². The lowest BCUT2D eigenvalue weighted by Gasteiger charge is -2.05. The second-order valence-electron chi connectivity index (χ2n) is 4.26. The van der Waals surface area contributed by atoms with Crippen LogP contribution in [0.1, 0.15) is 17.0 Å². The number of hydrogen-bond donors (Lipinski definition) is 1. The molecule has 1 N–H and O–H groups in total. The van der Waals surface area contributed by atoms with Crippen LogP contribution in [0.4, 0.5) is 4.39 Å². The molecule has 98 valence electrons. The summed E-state index contributed by atoms with van der Waals surface area (Å²) in [5.41, 5.74) is 3.26.